The molecule has 0 spiro atoms. The molecule has 3 aromatic rings. The molecule has 0 aliphatic heterocycles. The van der Waals surface area contributed by atoms with Gasteiger partial charge in [-0.05, 0) is 42.3 Å². The predicted molar refractivity (Wildman–Crippen MR) is 77.7 cm³/mol. The minimum absolute atomic E-state index is 0.162. The van der Waals surface area contributed by atoms with Gasteiger partial charge in [0.2, 0.25) is 5.28 Å². The zero-order valence-electron chi connectivity index (χ0n) is 10.9. The number of benzene rings is 1. The number of hydrogen-bond donors (Lipinski definition) is 2. The maximum Gasteiger partial charge on any atom is 0.226 e. The highest BCUT2D eigenvalue weighted by molar-refractivity contribution is 6.28. The molecule has 0 saturated carbocycles. The van der Waals surface area contributed by atoms with Gasteiger partial charge in [0.1, 0.15) is 11.6 Å². The standard InChI is InChI=1S/C13H12ClN5O/c1-7-5-8(3-4-10(7)20-2)16-11-9-6-15-19-12(9)18-13(14)17-11/h3-6H,1-2H3,(H2,15,16,17,18,19). The van der Waals surface area contributed by atoms with E-state index in [0.29, 0.717) is 11.5 Å². The number of aromatic amines is 1. The van der Waals surface area contributed by atoms with Crippen molar-refractivity contribution in [1.29, 1.82) is 0 Å². The Labute approximate surface area is 120 Å². The number of aromatic nitrogens is 4. The first-order valence-electron chi connectivity index (χ1n) is 5.95. The van der Waals surface area contributed by atoms with E-state index in [9.17, 15) is 0 Å². The summed E-state index contributed by atoms with van der Waals surface area (Å²) in [5.41, 5.74) is 2.51. The molecule has 1 aromatic carbocycles. The fraction of sp³-hybridized carbons (Fsp3) is 0.154. The molecule has 0 unspecified atom stereocenters. The van der Waals surface area contributed by atoms with Crippen LogP contribution < -0.4 is 10.1 Å². The zero-order chi connectivity index (χ0) is 14.1. The molecular formula is C13H12ClN5O. The van der Waals surface area contributed by atoms with Gasteiger partial charge in [0.15, 0.2) is 5.65 Å². The number of rotatable bonds is 3. The van der Waals surface area contributed by atoms with Crippen molar-refractivity contribution in [3.63, 3.8) is 0 Å². The number of anilines is 2. The number of methoxy groups -OCH3 is 1. The Hall–Kier alpha value is -2.34. The van der Waals surface area contributed by atoms with Gasteiger partial charge >= 0.3 is 0 Å². The van der Waals surface area contributed by atoms with Crippen LogP contribution in [-0.2, 0) is 0 Å². The summed E-state index contributed by atoms with van der Waals surface area (Å²) in [7, 11) is 1.65. The van der Waals surface area contributed by atoms with Gasteiger partial charge in [-0.3, -0.25) is 5.10 Å². The van der Waals surface area contributed by atoms with Crippen molar-refractivity contribution in [3.8, 4) is 5.75 Å². The zero-order valence-corrected chi connectivity index (χ0v) is 11.7. The number of H-pyrrole nitrogens is 1. The van der Waals surface area contributed by atoms with Crippen molar-refractivity contribution in [2.24, 2.45) is 0 Å². The van der Waals surface area contributed by atoms with Gasteiger partial charge in [-0.15, -0.1) is 0 Å². The Bertz CT molecular complexity index is 771. The van der Waals surface area contributed by atoms with Crippen LogP contribution in [0.3, 0.4) is 0 Å². The van der Waals surface area contributed by atoms with Crippen LogP contribution in [0.2, 0.25) is 5.28 Å². The number of ether oxygens (including phenoxy) is 1. The molecule has 0 fully saturated rings. The highest BCUT2D eigenvalue weighted by Crippen LogP contribution is 2.27. The first-order valence-corrected chi connectivity index (χ1v) is 6.33. The van der Waals surface area contributed by atoms with Crippen LogP contribution in [0.25, 0.3) is 11.0 Å². The van der Waals surface area contributed by atoms with Crippen LogP contribution in [0, 0.1) is 6.92 Å². The van der Waals surface area contributed by atoms with Gasteiger partial charge in [0.05, 0.1) is 18.7 Å². The average molecular weight is 290 g/mol. The monoisotopic (exact) mass is 289 g/mol. The first kappa shape index (κ1) is 12.7. The molecule has 0 radical (unpaired) electrons. The van der Waals surface area contributed by atoms with Crippen LogP contribution in [-0.4, -0.2) is 27.3 Å². The molecule has 0 amide bonds. The molecule has 2 N–H and O–H groups in total. The number of aryl methyl sites for hydroxylation is 1. The van der Waals surface area contributed by atoms with Crippen LogP contribution in [0.1, 0.15) is 5.56 Å². The fourth-order valence-electron chi connectivity index (χ4n) is 2.00. The summed E-state index contributed by atoms with van der Waals surface area (Å²) < 4.78 is 5.24. The summed E-state index contributed by atoms with van der Waals surface area (Å²) in [4.78, 5) is 8.25. The lowest BCUT2D eigenvalue weighted by atomic mass is 10.2. The Kier molecular flexibility index (Phi) is 3.15. The third-order valence-corrected chi connectivity index (χ3v) is 3.11. The van der Waals surface area contributed by atoms with E-state index < -0.39 is 0 Å². The third-order valence-electron chi connectivity index (χ3n) is 2.94. The van der Waals surface area contributed by atoms with Crippen LogP contribution in [0.5, 0.6) is 5.75 Å². The Morgan fingerprint density at radius 3 is 2.90 bits per heavy atom. The molecule has 0 aliphatic rings. The van der Waals surface area contributed by atoms with E-state index >= 15 is 0 Å². The van der Waals surface area contributed by atoms with Gasteiger partial charge in [-0.1, -0.05) is 0 Å². The van der Waals surface area contributed by atoms with Crippen molar-refractivity contribution < 1.29 is 4.74 Å². The van der Waals surface area contributed by atoms with E-state index in [4.69, 9.17) is 16.3 Å². The molecule has 102 valence electrons. The predicted octanol–water partition coefficient (Wildman–Crippen LogP) is 3.07. The van der Waals surface area contributed by atoms with Crippen molar-refractivity contribution in [2.75, 3.05) is 12.4 Å². The smallest absolute Gasteiger partial charge is 0.226 e. The number of halogens is 1. The topological polar surface area (TPSA) is 75.7 Å². The van der Waals surface area contributed by atoms with Gasteiger partial charge in [-0.25, -0.2) is 0 Å². The molecule has 3 rings (SSSR count). The SMILES string of the molecule is COc1ccc(Nc2nc(Cl)nc3[nH]ncc23)cc1C. The number of nitrogens with zero attached hydrogens (tertiary/aromatic N) is 3. The van der Waals surface area contributed by atoms with Crippen LogP contribution in [0.15, 0.2) is 24.4 Å². The van der Waals surface area contributed by atoms with E-state index in [1.165, 1.54) is 0 Å². The molecule has 7 heteroatoms. The van der Waals surface area contributed by atoms with E-state index in [1.807, 2.05) is 25.1 Å². The minimum atomic E-state index is 0.162. The summed E-state index contributed by atoms with van der Waals surface area (Å²) in [5.74, 6) is 1.45. The summed E-state index contributed by atoms with van der Waals surface area (Å²) in [6.07, 6.45) is 1.66. The molecule has 0 saturated heterocycles. The normalized spacial score (nSPS) is 10.8. The third kappa shape index (κ3) is 2.25. The maximum absolute atomic E-state index is 5.90. The maximum atomic E-state index is 5.90. The molecule has 2 aromatic heterocycles. The summed E-state index contributed by atoms with van der Waals surface area (Å²) in [6.45, 7) is 1.98. The van der Waals surface area contributed by atoms with Crippen LogP contribution in [0.4, 0.5) is 11.5 Å². The number of nitrogens with one attached hydrogen (secondary N) is 2. The van der Waals surface area contributed by atoms with E-state index in [2.05, 4.69) is 25.5 Å². The highest BCUT2D eigenvalue weighted by atomic mass is 35.5. The largest absolute Gasteiger partial charge is 0.496 e. The molecule has 0 aliphatic carbocycles. The quantitative estimate of drug-likeness (QED) is 0.725. The minimum Gasteiger partial charge on any atom is -0.496 e. The van der Waals surface area contributed by atoms with Crippen molar-refractivity contribution in [2.45, 2.75) is 6.92 Å². The lowest BCUT2D eigenvalue weighted by molar-refractivity contribution is 0.412. The summed E-state index contributed by atoms with van der Waals surface area (Å²) in [5, 5.41) is 10.9. The summed E-state index contributed by atoms with van der Waals surface area (Å²) >= 11 is 5.90. The molecule has 20 heavy (non-hydrogen) atoms. The second kappa shape index (κ2) is 4.97. The molecule has 6 nitrogen and oxygen atoms in total. The van der Waals surface area contributed by atoms with E-state index in [0.717, 1.165) is 22.4 Å². The second-order valence-electron chi connectivity index (χ2n) is 4.28. The van der Waals surface area contributed by atoms with Gasteiger partial charge in [0, 0.05) is 5.69 Å². The highest BCUT2D eigenvalue weighted by Gasteiger charge is 2.09. The van der Waals surface area contributed by atoms with Crippen molar-refractivity contribution in [3.05, 3.63) is 35.2 Å². The lowest BCUT2D eigenvalue weighted by Crippen LogP contribution is -1.97. The summed E-state index contributed by atoms with van der Waals surface area (Å²) in [6, 6.07) is 5.78. The van der Waals surface area contributed by atoms with Crippen LogP contribution >= 0.6 is 11.6 Å². The molecule has 0 bridgehead atoms. The van der Waals surface area contributed by atoms with Gasteiger partial charge in [-0.2, -0.15) is 15.1 Å². The van der Waals surface area contributed by atoms with Crippen molar-refractivity contribution in [1.82, 2.24) is 20.2 Å². The Morgan fingerprint density at radius 2 is 2.15 bits per heavy atom. The fourth-order valence-corrected chi connectivity index (χ4v) is 2.16. The first-order chi connectivity index (χ1) is 9.67. The van der Waals surface area contributed by atoms with Gasteiger partial charge in [0.25, 0.3) is 0 Å². The number of fused-ring (bicyclic) bond motifs is 1. The second-order valence-corrected chi connectivity index (χ2v) is 4.62. The molecule has 2 heterocycles. The number of hydrogen-bond acceptors (Lipinski definition) is 5. The van der Waals surface area contributed by atoms with E-state index in [1.54, 1.807) is 13.3 Å². The lowest BCUT2D eigenvalue weighted by Gasteiger charge is -2.10. The Morgan fingerprint density at radius 1 is 1.30 bits per heavy atom. The molecular weight excluding hydrogens is 278 g/mol. The molecule has 0 atom stereocenters. The Balaban J connectivity index is 2.00. The van der Waals surface area contributed by atoms with E-state index in [-0.39, 0.29) is 5.28 Å². The van der Waals surface area contributed by atoms with Crippen molar-refractivity contribution >= 4 is 34.1 Å². The average Bonchev–Trinajstić information content (AvgIpc) is 2.87. The van der Waals surface area contributed by atoms with Gasteiger partial charge < -0.3 is 10.1 Å².